The van der Waals surface area contributed by atoms with Gasteiger partial charge in [-0.05, 0) is 6.07 Å². The molecule has 64 valence electrons. The van der Waals surface area contributed by atoms with Crippen LogP contribution >= 0.6 is 0 Å². The number of carbonyl (C=O) groups excluding carboxylic acids is 2. The maximum absolute atomic E-state index is 11.1. The molecule has 2 N–H and O–H groups in total. The minimum atomic E-state index is -0.303. The van der Waals surface area contributed by atoms with Crippen molar-refractivity contribution in [2.45, 2.75) is 6.42 Å². The van der Waals surface area contributed by atoms with Gasteiger partial charge in [-0.25, -0.2) is 0 Å². The first-order valence-electron chi connectivity index (χ1n) is 3.47. The molecule has 1 rings (SSSR count). The number of ketones is 1. The highest BCUT2D eigenvalue weighted by molar-refractivity contribution is 6.06. The summed E-state index contributed by atoms with van der Waals surface area (Å²) in [6, 6.07) is 1.53. The number of aromatic nitrogens is 2. The molecule has 0 bridgehead atoms. The van der Waals surface area contributed by atoms with Crippen molar-refractivity contribution in [3.63, 3.8) is 0 Å². The molecule has 0 aliphatic carbocycles. The highest BCUT2D eigenvalue weighted by Crippen LogP contribution is 1.97. The Labute approximate surface area is 69.2 Å². The Kier molecular flexibility index (Phi) is 2.57. The molecule has 0 aliphatic rings. The van der Waals surface area contributed by atoms with E-state index >= 15 is 0 Å². The van der Waals surface area contributed by atoms with Gasteiger partial charge in [0.2, 0.25) is 5.91 Å². The van der Waals surface area contributed by atoms with E-state index in [9.17, 15) is 9.59 Å². The number of nitrogens with zero attached hydrogens (tertiary/aromatic N) is 1. The van der Waals surface area contributed by atoms with E-state index in [0.29, 0.717) is 5.69 Å². The van der Waals surface area contributed by atoms with E-state index < -0.39 is 0 Å². The van der Waals surface area contributed by atoms with Gasteiger partial charge in [0.05, 0.1) is 6.42 Å². The first kappa shape index (κ1) is 8.45. The molecule has 12 heavy (non-hydrogen) atoms. The van der Waals surface area contributed by atoms with E-state index in [2.05, 4.69) is 15.5 Å². The van der Waals surface area contributed by atoms with Crippen LogP contribution in [0.3, 0.4) is 0 Å². The Hall–Kier alpha value is -1.65. The molecule has 1 amide bonds. The fourth-order valence-electron chi connectivity index (χ4n) is 0.740. The number of nitrogens with one attached hydrogen (secondary N) is 2. The zero-order valence-electron chi connectivity index (χ0n) is 6.63. The SMILES string of the molecule is CNC(=O)CC(=O)c1cc[nH]n1. The van der Waals surface area contributed by atoms with Crippen LogP contribution in [0.5, 0.6) is 0 Å². The van der Waals surface area contributed by atoms with Gasteiger partial charge in [-0.1, -0.05) is 0 Å². The lowest BCUT2D eigenvalue weighted by atomic mass is 10.2. The Morgan fingerprint density at radius 3 is 2.92 bits per heavy atom. The first-order chi connectivity index (χ1) is 5.74. The van der Waals surface area contributed by atoms with Gasteiger partial charge in [0.1, 0.15) is 5.69 Å². The monoisotopic (exact) mass is 167 g/mol. The maximum Gasteiger partial charge on any atom is 0.227 e. The third-order valence-electron chi connectivity index (χ3n) is 1.39. The van der Waals surface area contributed by atoms with Crippen molar-refractivity contribution in [1.29, 1.82) is 0 Å². The molecule has 0 saturated carbocycles. The summed E-state index contributed by atoms with van der Waals surface area (Å²) >= 11 is 0. The Balaban J connectivity index is 2.56. The number of carbonyl (C=O) groups is 2. The molecule has 0 atom stereocenters. The lowest BCUT2D eigenvalue weighted by Crippen LogP contribution is -2.21. The average molecular weight is 167 g/mol. The second kappa shape index (κ2) is 3.66. The fourth-order valence-corrected chi connectivity index (χ4v) is 0.740. The smallest absolute Gasteiger partial charge is 0.227 e. The third kappa shape index (κ3) is 1.91. The Morgan fingerprint density at radius 2 is 2.42 bits per heavy atom. The molecule has 0 saturated heterocycles. The number of rotatable bonds is 3. The van der Waals surface area contributed by atoms with E-state index in [1.807, 2.05) is 0 Å². The van der Waals surface area contributed by atoms with Gasteiger partial charge in [-0.2, -0.15) is 5.10 Å². The molecule has 1 aromatic heterocycles. The maximum atomic E-state index is 11.1. The van der Waals surface area contributed by atoms with Crippen LogP contribution in [0.4, 0.5) is 0 Å². The number of amides is 1. The predicted molar refractivity (Wildman–Crippen MR) is 41.6 cm³/mol. The normalized spacial score (nSPS) is 9.42. The van der Waals surface area contributed by atoms with Crippen LogP contribution in [0.15, 0.2) is 12.3 Å². The van der Waals surface area contributed by atoms with Gasteiger partial charge in [0.15, 0.2) is 5.78 Å². The van der Waals surface area contributed by atoms with Gasteiger partial charge in [0.25, 0.3) is 0 Å². The molecule has 1 heterocycles. The number of H-pyrrole nitrogens is 1. The molecule has 0 aromatic carbocycles. The zero-order valence-corrected chi connectivity index (χ0v) is 6.63. The standard InChI is InChI=1S/C7H9N3O2/c1-8-7(12)4-6(11)5-2-3-9-10-5/h2-3H,4H2,1H3,(H,8,12)(H,9,10). The average Bonchev–Trinajstić information content (AvgIpc) is 2.56. The summed E-state index contributed by atoms with van der Waals surface area (Å²) in [6.45, 7) is 0. The van der Waals surface area contributed by atoms with Crippen molar-refractivity contribution >= 4 is 11.7 Å². The molecule has 5 nitrogen and oxygen atoms in total. The van der Waals surface area contributed by atoms with Crippen LogP contribution in [0.1, 0.15) is 16.9 Å². The van der Waals surface area contributed by atoms with E-state index in [1.54, 1.807) is 0 Å². The van der Waals surface area contributed by atoms with Gasteiger partial charge in [-0.3, -0.25) is 14.7 Å². The van der Waals surface area contributed by atoms with Gasteiger partial charge in [0, 0.05) is 13.2 Å². The summed E-state index contributed by atoms with van der Waals surface area (Å²) in [7, 11) is 1.49. The number of aromatic amines is 1. The second-order valence-electron chi connectivity index (χ2n) is 2.23. The Morgan fingerprint density at radius 1 is 1.67 bits per heavy atom. The molecule has 0 unspecified atom stereocenters. The minimum absolute atomic E-state index is 0.151. The van der Waals surface area contributed by atoms with Crippen LogP contribution < -0.4 is 5.32 Å². The summed E-state index contributed by atoms with van der Waals surface area (Å²) in [5.74, 6) is -0.585. The van der Waals surface area contributed by atoms with E-state index in [-0.39, 0.29) is 18.1 Å². The van der Waals surface area contributed by atoms with Crippen molar-refractivity contribution in [2.24, 2.45) is 0 Å². The van der Waals surface area contributed by atoms with Crippen LogP contribution in [0, 0.1) is 0 Å². The van der Waals surface area contributed by atoms with Gasteiger partial charge < -0.3 is 5.32 Å². The first-order valence-corrected chi connectivity index (χ1v) is 3.47. The summed E-state index contributed by atoms with van der Waals surface area (Å²) in [4.78, 5) is 21.9. The van der Waals surface area contributed by atoms with Crippen LogP contribution in [0.25, 0.3) is 0 Å². The lowest BCUT2D eigenvalue weighted by Gasteiger charge is -1.94. The Bertz CT molecular complexity index is 279. The van der Waals surface area contributed by atoms with Crippen molar-refractivity contribution in [2.75, 3.05) is 7.05 Å². The predicted octanol–water partition coefficient (Wildman–Crippen LogP) is -0.272. The highest BCUT2D eigenvalue weighted by atomic mass is 16.2. The minimum Gasteiger partial charge on any atom is -0.359 e. The summed E-state index contributed by atoms with van der Waals surface area (Å²) in [5.41, 5.74) is 0.290. The molecular weight excluding hydrogens is 158 g/mol. The van der Waals surface area contributed by atoms with E-state index in [1.165, 1.54) is 19.3 Å². The highest BCUT2D eigenvalue weighted by Gasteiger charge is 2.11. The quantitative estimate of drug-likeness (QED) is 0.480. The van der Waals surface area contributed by atoms with Crippen LogP contribution in [-0.4, -0.2) is 28.9 Å². The van der Waals surface area contributed by atoms with Gasteiger partial charge >= 0.3 is 0 Å². The molecule has 1 aromatic rings. The number of hydrogen-bond acceptors (Lipinski definition) is 3. The third-order valence-corrected chi connectivity index (χ3v) is 1.39. The zero-order chi connectivity index (χ0) is 8.97. The van der Waals surface area contributed by atoms with E-state index in [0.717, 1.165) is 0 Å². The van der Waals surface area contributed by atoms with Crippen molar-refractivity contribution in [3.05, 3.63) is 18.0 Å². The number of Topliss-reactive ketones (excluding diaryl/α,β-unsaturated/α-hetero) is 1. The van der Waals surface area contributed by atoms with Gasteiger partial charge in [-0.15, -0.1) is 0 Å². The molecule has 5 heteroatoms. The lowest BCUT2D eigenvalue weighted by molar-refractivity contribution is -0.119. The summed E-state index contributed by atoms with van der Waals surface area (Å²) in [6.07, 6.45) is 1.39. The van der Waals surface area contributed by atoms with Crippen molar-refractivity contribution in [1.82, 2.24) is 15.5 Å². The topological polar surface area (TPSA) is 74.8 Å². The second-order valence-corrected chi connectivity index (χ2v) is 2.23. The number of hydrogen-bond donors (Lipinski definition) is 2. The van der Waals surface area contributed by atoms with Crippen LogP contribution in [0.2, 0.25) is 0 Å². The summed E-state index contributed by atoms with van der Waals surface area (Å²) < 4.78 is 0. The van der Waals surface area contributed by atoms with Crippen molar-refractivity contribution in [3.8, 4) is 0 Å². The largest absolute Gasteiger partial charge is 0.359 e. The fraction of sp³-hybridized carbons (Fsp3) is 0.286. The molecule has 0 spiro atoms. The molecular formula is C7H9N3O2. The molecule has 0 fully saturated rings. The molecule has 0 radical (unpaired) electrons. The summed E-state index contributed by atoms with van der Waals surface area (Å²) in [5, 5.41) is 8.51. The van der Waals surface area contributed by atoms with E-state index in [4.69, 9.17) is 0 Å². The van der Waals surface area contributed by atoms with Crippen LogP contribution in [-0.2, 0) is 4.79 Å². The van der Waals surface area contributed by atoms with Crippen molar-refractivity contribution < 1.29 is 9.59 Å². The molecule has 0 aliphatic heterocycles.